The highest BCUT2D eigenvalue weighted by atomic mass is 16.6. The average Bonchev–Trinajstić information content (AvgIpc) is 3.11. The number of aryl methyl sites for hydroxylation is 1. The van der Waals surface area contributed by atoms with Crippen molar-refractivity contribution in [2.45, 2.75) is 26.2 Å². The predicted octanol–water partition coefficient (Wildman–Crippen LogP) is 2.98. The van der Waals surface area contributed by atoms with Crippen LogP contribution in [0, 0.1) is 17.0 Å². The van der Waals surface area contributed by atoms with Crippen molar-refractivity contribution >= 4 is 34.6 Å². The molecular formula is C20H18N4O4. The lowest BCUT2D eigenvalue weighted by Crippen LogP contribution is -2.41. The lowest BCUT2D eigenvalue weighted by molar-refractivity contribution is -0.384. The van der Waals surface area contributed by atoms with Crippen LogP contribution in [-0.2, 0) is 16.0 Å². The lowest BCUT2D eigenvalue weighted by atomic mass is 10.1. The molecule has 2 aromatic rings. The number of carbonyl (C=O) groups excluding carboxylic acids is 2. The highest BCUT2D eigenvalue weighted by molar-refractivity contribution is 6.45. The molecule has 0 saturated heterocycles. The summed E-state index contributed by atoms with van der Waals surface area (Å²) in [5.74, 6) is -0.419. The number of fused-ring (bicyclic) bond motifs is 1. The van der Waals surface area contributed by atoms with Crippen molar-refractivity contribution < 1.29 is 14.5 Å². The smallest absolute Gasteiger partial charge is 0.274 e. The Labute approximate surface area is 161 Å². The predicted molar refractivity (Wildman–Crippen MR) is 104 cm³/mol. The van der Waals surface area contributed by atoms with E-state index in [1.54, 1.807) is 17.0 Å². The Kier molecular flexibility index (Phi) is 4.38. The van der Waals surface area contributed by atoms with Gasteiger partial charge in [0.05, 0.1) is 10.6 Å². The van der Waals surface area contributed by atoms with Gasteiger partial charge < -0.3 is 4.90 Å². The molecule has 8 nitrogen and oxygen atoms in total. The van der Waals surface area contributed by atoms with Gasteiger partial charge in [0.2, 0.25) is 5.91 Å². The first-order valence-electron chi connectivity index (χ1n) is 9.00. The maximum atomic E-state index is 13.1. The zero-order chi connectivity index (χ0) is 19.8. The first-order chi connectivity index (χ1) is 13.4. The minimum Gasteiger partial charge on any atom is -0.307 e. The Bertz CT molecular complexity index is 1030. The van der Waals surface area contributed by atoms with Gasteiger partial charge in [0, 0.05) is 37.2 Å². The fraction of sp³-hybridized carbons (Fsp3) is 0.250. The summed E-state index contributed by atoms with van der Waals surface area (Å²) in [5.41, 5.74) is 3.39. The third kappa shape index (κ3) is 3.13. The average molecular weight is 378 g/mol. The van der Waals surface area contributed by atoms with Crippen LogP contribution in [0.15, 0.2) is 47.6 Å². The van der Waals surface area contributed by atoms with Gasteiger partial charge >= 0.3 is 0 Å². The molecule has 0 N–H and O–H groups in total. The number of benzene rings is 2. The molecule has 0 radical (unpaired) electrons. The monoisotopic (exact) mass is 378 g/mol. The number of hydrazone groups is 1. The molecular weight excluding hydrogens is 360 g/mol. The van der Waals surface area contributed by atoms with Gasteiger partial charge in [-0.25, -0.2) is 5.01 Å². The largest absolute Gasteiger partial charge is 0.307 e. The van der Waals surface area contributed by atoms with Crippen LogP contribution in [0.4, 0.5) is 17.1 Å². The molecule has 0 aromatic heterocycles. The molecule has 0 saturated carbocycles. The number of carbonyl (C=O) groups is 2. The van der Waals surface area contributed by atoms with E-state index in [9.17, 15) is 19.7 Å². The van der Waals surface area contributed by atoms with Crippen LogP contribution in [0.25, 0.3) is 0 Å². The number of nitro groups is 1. The van der Waals surface area contributed by atoms with Crippen molar-refractivity contribution in [3.63, 3.8) is 0 Å². The number of rotatable bonds is 3. The molecule has 142 valence electrons. The maximum absolute atomic E-state index is 13.1. The molecule has 2 aromatic carbocycles. The second-order valence-corrected chi connectivity index (χ2v) is 6.87. The summed E-state index contributed by atoms with van der Waals surface area (Å²) in [5, 5.41) is 16.6. The molecule has 2 aliphatic rings. The molecule has 0 unspecified atom stereocenters. The molecule has 0 aliphatic carbocycles. The Morgan fingerprint density at radius 1 is 1.14 bits per heavy atom. The first-order valence-corrected chi connectivity index (χ1v) is 9.00. The molecule has 8 heteroatoms. The molecule has 0 bridgehead atoms. The molecule has 0 spiro atoms. The molecule has 0 atom stereocenters. The highest BCUT2D eigenvalue weighted by Gasteiger charge is 2.32. The number of nitro benzene ring substituents is 1. The highest BCUT2D eigenvalue weighted by Crippen LogP contribution is 2.32. The van der Waals surface area contributed by atoms with Crippen LogP contribution in [0.2, 0.25) is 0 Å². The zero-order valence-electron chi connectivity index (χ0n) is 15.3. The van der Waals surface area contributed by atoms with Gasteiger partial charge in [-0.1, -0.05) is 12.1 Å². The van der Waals surface area contributed by atoms with Gasteiger partial charge in [-0.05, 0) is 42.7 Å². The lowest BCUT2D eigenvalue weighted by Gasteiger charge is -2.25. The van der Waals surface area contributed by atoms with Crippen LogP contribution in [0.1, 0.15) is 24.0 Å². The Morgan fingerprint density at radius 3 is 2.71 bits per heavy atom. The molecule has 4 rings (SSSR count). The quantitative estimate of drug-likeness (QED) is 0.606. The van der Waals surface area contributed by atoms with Crippen molar-refractivity contribution in [3.05, 3.63) is 63.7 Å². The van der Waals surface area contributed by atoms with Crippen LogP contribution in [0.5, 0.6) is 0 Å². The van der Waals surface area contributed by atoms with Gasteiger partial charge in [-0.15, -0.1) is 0 Å². The topological polar surface area (TPSA) is 96.1 Å². The summed E-state index contributed by atoms with van der Waals surface area (Å²) in [4.78, 5) is 37.5. The van der Waals surface area contributed by atoms with Crippen molar-refractivity contribution in [1.82, 2.24) is 0 Å². The third-order valence-electron chi connectivity index (χ3n) is 4.94. The number of nitrogens with zero attached hydrogens (tertiary/aromatic N) is 4. The minimum absolute atomic E-state index is 0.0132. The van der Waals surface area contributed by atoms with E-state index in [-0.39, 0.29) is 30.3 Å². The number of hydrogen-bond donors (Lipinski definition) is 0. The molecule has 2 heterocycles. The Balaban J connectivity index is 1.63. The van der Waals surface area contributed by atoms with E-state index in [1.807, 2.05) is 25.1 Å². The SMILES string of the molecule is Cc1cccc(N2N=C(C(=O)N3CCc4cc([N+](=O)[O-])ccc43)CCC2=O)c1. The summed E-state index contributed by atoms with van der Waals surface area (Å²) in [6, 6.07) is 11.9. The number of amides is 2. The van der Waals surface area contributed by atoms with E-state index < -0.39 is 4.92 Å². The summed E-state index contributed by atoms with van der Waals surface area (Å²) >= 11 is 0. The van der Waals surface area contributed by atoms with Crippen molar-refractivity contribution in [3.8, 4) is 0 Å². The fourth-order valence-corrected chi connectivity index (χ4v) is 3.54. The number of hydrogen-bond acceptors (Lipinski definition) is 5. The maximum Gasteiger partial charge on any atom is 0.274 e. The molecule has 0 fully saturated rings. The van der Waals surface area contributed by atoms with Gasteiger partial charge in [-0.2, -0.15) is 5.10 Å². The molecule has 2 amide bonds. The summed E-state index contributed by atoms with van der Waals surface area (Å²) in [6.07, 6.45) is 1.04. The summed E-state index contributed by atoms with van der Waals surface area (Å²) in [7, 11) is 0. The van der Waals surface area contributed by atoms with E-state index in [0.717, 1.165) is 11.1 Å². The second-order valence-electron chi connectivity index (χ2n) is 6.87. The molecule has 28 heavy (non-hydrogen) atoms. The zero-order valence-corrected chi connectivity index (χ0v) is 15.3. The van der Waals surface area contributed by atoms with Crippen LogP contribution in [-0.4, -0.2) is 29.0 Å². The molecule has 2 aliphatic heterocycles. The van der Waals surface area contributed by atoms with Gasteiger partial charge in [0.15, 0.2) is 0 Å². The Hall–Kier alpha value is -3.55. The minimum atomic E-state index is -0.443. The van der Waals surface area contributed by atoms with Crippen LogP contribution >= 0.6 is 0 Å². The van der Waals surface area contributed by atoms with Crippen molar-refractivity contribution in [1.29, 1.82) is 0 Å². The van der Waals surface area contributed by atoms with Gasteiger partial charge in [0.1, 0.15) is 5.71 Å². The van der Waals surface area contributed by atoms with E-state index >= 15 is 0 Å². The van der Waals surface area contributed by atoms with Gasteiger partial charge in [0.25, 0.3) is 11.6 Å². The summed E-state index contributed by atoms with van der Waals surface area (Å²) < 4.78 is 0. The van der Waals surface area contributed by atoms with E-state index in [4.69, 9.17) is 0 Å². The van der Waals surface area contributed by atoms with Crippen LogP contribution in [0.3, 0.4) is 0 Å². The first kappa shape index (κ1) is 17.8. The van der Waals surface area contributed by atoms with Crippen LogP contribution < -0.4 is 9.91 Å². The fourth-order valence-electron chi connectivity index (χ4n) is 3.54. The standard InChI is InChI=1S/C20H18N4O4/c1-13-3-2-4-15(11-13)23-19(25)8-6-17(21-23)20(26)22-10-9-14-12-16(24(27)28)5-7-18(14)22/h2-5,7,11-12H,6,8-10H2,1H3. The number of anilines is 2. The number of non-ortho nitro benzene ring substituents is 1. The van der Waals surface area contributed by atoms with Crippen molar-refractivity contribution in [2.75, 3.05) is 16.5 Å². The third-order valence-corrected chi connectivity index (χ3v) is 4.94. The normalized spacial score (nSPS) is 16.0. The second kappa shape index (κ2) is 6.88. The van der Waals surface area contributed by atoms with Crippen molar-refractivity contribution in [2.24, 2.45) is 5.10 Å². The Morgan fingerprint density at radius 2 is 1.96 bits per heavy atom. The van der Waals surface area contributed by atoms with Gasteiger partial charge in [-0.3, -0.25) is 19.7 Å². The van der Waals surface area contributed by atoms with E-state index in [1.165, 1.54) is 17.1 Å². The van der Waals surface area contributed by atoms with E-state index in [0.29, 0.717) is 30.1 Å². The van der Waals surface area contributed by atoms with E-state index in [2.05, 4.69) is 5.10 Å². The summed E-state index contributed by atoms with van der Waals surface area (Å²) in [6.45, 7) is 2.36.